The molecule has 0 saturated carbocycles. The number of para-hydroxylation sites is 1. The van der Waals surface area contributed by atoms with Crippen molar-refractivity contribution in [1.82, 2.24) is 16.0 Å². The number of epoxide rings is 1. The van der Waals surface area contributed by atoms with Crippen LogP contribution in [0.5, 0.6) is 0 Å². The van der Waals surface area contributed by atoms with Crippen LogP contribution in [0.25, 0.3) is 0 Å². The van der Waals surface area contributed by atoms with E-state index in [4.69, 9.17) is 16.2 Å². The van der Waals surface area contributed by atoms with Crippen LogP contribution in [0, 0.1) is 0 Å². The summed E-state index contributed by atoms with van der Waals surface area (Å²) in [5, 5.41) is 17.3. The number of hydrogen-bond acceptors (Lipinski definition) is 7. The number of aliphatic carboxylic acids is 1. The number of carbonyl (C=O) groups is 4. The third kappa shape index (κ3) is 13.4. The van der Waals surface area contributed by atoms with Crippen LogP contribution in [0.3, 0.4) is 0 Å². The summed E-state index contributed by atoms with van der Waals surface area (Å²) < 4.78 is 5.25. The maximum absolute atomic E-state index is 13.0. The SMILES string of the molecule is Cl.NCCCC[C@H](NC(=O)C1OC1C(=O)N[C@@H](Cc1ccccc1)C(=O)NCCc1ccccc1)C(=O)O.Nc1ccccc1. The Morgan fingerprint density at radius 2 is 1.27 bits per heavy atom. The first kappa shape index (κ1) is 36.7. The van der Waals surface area contributed by atoms with Gasteiger partial charge < -0.3 is 37.3 Å². The fourth-order valence-corrected chi connectivity index (χ4v) is 4.38. The number of carbonyl (C=O) groups excluding carboxylic acids is 3. The number of nitrogens with two attached hydrogens (primary N) is 2. The molecular formula is C33H42ClN5O6. The Hall–Kier alpha value is -4.45. The molecule has 4 rings (SSSR count). The molecular weight excluding hydrogens is 598 g/mol. The molecule has 11 nitrogen and oxygen atoms in total. The molecule has 0 bridgehead atoms. The van der Waals surface area contributed by atoms with Crippen molar-refractivity contribution in [3.05, 3.63) is 102 Å². The van der Waals surface area contributed by atoms with Crippen LogP contribution in [0.2, 0.25) is 0 Å². The van der Waals surface area contributed by atoms with Crippen molar-refractivity contribution < 1.29 is 29.0 Å². The summed E-state index contributed by atoms with van der Waals surface area (Å²) in [6.07, 6.45) is 0.121. The minimum Gasteiger partial charge on any atom is -0.480 e. The van der Waals surface area contributed by atoms with Gasteiger partial charge in [0.05, 0.1) is 0 Å². The van der Waals surface area contributed by atoms with Crippen molar-refractivity contribution in [2.75, 3.05) is 18.8 Å². The maximum Gasteiger partial charge on any atom is 0.326 e. The van der Waals surface area contributed by atoms with Gasteiger partial charge in [-0.2, -0.15) is 0 Å². The molecule has 12 heteroatoms. The van der Waals surface area contributed by atoms with Gasteiger partial charge in [0.2, 0.25) is 5.91 Å². The molecule has 4 atom stereocenters. The Bertz CT molecular complexity index is 1330. The average molecular weight is 640 g/mol. The standard InChI is InChI=1S/C27H34N4O6.C6H7N.ClH/c28-15-8-7-13-20(27(35)36)30-25(33)22-23(37-22)26(34)31-21(17-19-11-5-2-6-12-19)24(32)29-16-14-18-9-3-1-4-10-18;7-6-4-2-1-3-5-6;/h1-6,9-12,20-23H,7-8,13-17,28H2,(H,29,32)(H,30,33)(H,31,34)(H,35,36);1-5H,7H2;1H/t20-,21-,22?,23?;;/m0../s1. The number of rotatable bonds is 15. The van der Waals surface area contributed by atoms with Gasteiger partial charge in [-0.1, -0.05) is 78.9 Å². The van der Waals surface area contributed by atoms with Gasteiger partial charge in [0, 0.05) is 18.7 Å². The second-order valence-electron chi connectivity index (χ2n) is 10.3. The highest BCUT2D eigenvalue weighted by Gasteiger charge is 2.51. The van der Waals surface area contributed by atoms with Gasteiger partial charge >= 0.3 is 5.97 Å². The topological polar surface area (TPSA) is 189 Å². The zero-order valence-corrected chi connectivity index (χ0v) is 25.8. The minimum atomic E-state index is -1.16. The number of nitrogens with one attached hydrogen (secondary N) is 3. The van der Waals surface area contributed by atoms with Gasteiger partial charge in [-0.3, -0.25) is 14.4 Å². The molecule has 8 N–H and O–H groups in total. The van der Waals surface area contributed by atoms with E-state index in [1.807, 2.05) is 91.0 Å². The quantitative estimate of drug-likeness (QED) is 0.0829. The van der Waals surface area contributed by atoms with Crippen molar-refractivity contribution in [1.29, 1.82) is 0 Å². The maximum atomic E-state index is 13.0. The van der Waals surface area contributed by atoms with Crippen LogP contribution in [0.4, 0.5) is 5.69 Å². The van der Waals surface area contributed by atoms with E-state index in [1.54, 1.807) is 0 Å². The number of carboxylic acids is 1. The van der Waals surface area contributed by atoms with E-state index in [-0.39, 0.29) is 31.2 Å². The van der Waals surface area contributed by atoms with E-state index in [0.29, 0.717) is 32.4 Å². The smallest absolute Gasteiger partial charge is 0.326 e. The lowest BCUT2D eigenvalue weighted by Gasteiger charge is -2.18. The molecule has 1 heterocycles. The number of carboxylic acid groups (broad SMARTS) is 1. The minimum absolute atomic E-state index is 0. The summed E-state index contributed by atoms with van der Waals surface area (Å²) in [7, 11) is 0. The fourth-order valence-electron chi connectivity index (χ4n) is 4.38. The van der Waals surface area contributed by atoms with Crippen LogP contribution in [-0.2, 0) is 36.8 Å². The molecule has 2 unspecified atom stereocenters. The summed E-state index contributed by atoms with van der Waals surface area (Å²) in [5.41, 5.74) is 13.6. The molecule has 3 aromatic rings. The predicted octanol–water partition coefficient (Wildman–Crippen LogP) is 2.23. The Kier molecular flexibility index (Phi) is 16.1. The van der Waals surface area contributed by atoms with Gasteiger partial charge in [-0.05, 0) is 55.5 Å². The molecule has 3 aromatic carbocycles. The molecule has 1 fully saturated rings. The molecule has 0 aliphatic carbocycles. The number of anilines is 1. The van der Waals surface area contributed by atoms with Crippen molar-refractivity contribution in [2.45, 2.75) is 56.4 Å². The van der Waals surface area contributed by atoms with Gasteiger partial charge in [-0.15, -0.1) is 12.4 Å². The Labute approximate surface area is 269 Å². The molecule has 1 saturated heterocycles. The molecule has 3 amide bonds. The van der Waals surface area contributed by atoms with Gasteiger partial charge in [0.25, 0.3) is 11.8 Å². The first-order valence-electron chi connectivity index (χ1n) is 14.6. The summed E-state index contributed by atoms with van der Waals surface area (Å²) in [5.74, 6) is -2.79. The predicted molar refractivity (Wildman–Crippen MR) is 174 cm³/mol. The Morgan fingerprint density at radius 1 is 0.756 bits per heavy atom. The van der Waals surface area contributed by atoms with E-state index in [2.05, 4.69) is 16.0 Å². The van der Waals surface area contributed by atoms with Gasteiger partial charge in [-0.25, -0.2) is 4.79 Å². The van der Waals surface area contributed by atoms with Crippen LogP contribution in [0.15, 0.2) is 91.0 Å². The molecule has 0 spiro atoms. The number of nitrogen functional groups attached to an aromatic ring is 1. The number of benzene rings is 3. The van der Waals surface area contributed by atoms with Gasteiger partial charge in [0.1, 0.15) is 12.1 Å². The monoisotopic (exact) mass is 639 g/mol. The third-order valence-electron chi connectivity index (χ3n) is 6.84. The van der Waals surface area contributed by atoms with Crippen LogP contribution < -0.4 is 27.4 Å². The summed E-state index contributed by atoms with van der Waals surface area (Å²) in [6.45, 7) is 0.827. The largest absolute Gasteiger partial charge is 0.480 e. The Morgan fingerprint density at radius 3 is 1.76 bits per heavy atom. The molecule has 45 heavy (non-hydrogen) atoms. The van der Waals surface area contributed by atoms with E-state index >= 15 is 0 Å². The van der Waals surface area contributed by atoms with Crippen molar-refractivity contribution in [3.63, 3.8) is 0 Å². The molecule has 242 valence electrons. The number of hydrogen-bond donors (Lipinski definition) is 6. The van der Waals surface area contributed by atoms with Crippen molar-refractivity contribution in [3.8, 4) is 0 Å². The second kappa shape index (κ2) is 19.8. The second-order valence-corrected chi connectivity index (χ2v) is 10.3. The summed E-state index contributed by atoms with van der Waals surface area (Å²) in [6, 6.07) is 26.5. The molecule has 1 aliphatic heterocycles. The highest BCUT2D eigenvalue weighted by Crippen LogP contribution is 2.23. The first-order valence-corrected chi connectivity index (χ1v) is 14.6. The van der Waals surface area contributed by atoms with E-state index < -0.39 is 42.1 Å². The molecule has 0 radical (unpaired) electrons. The number of ether oxygens (including phenoxy) is 1. The summed E-state index contributed by atoms with van der Waals surface area (Å²) >= 11 is 0. The van der Waals surface area contributed by atoms with Crippen LogP contribution in [0.1, 0.15) is 30.4 Å². The average Bonchev–Trinajstić information content (AvgIpc) is 3.84. The zero-order valence-electron chi connectivity index (χ0n) is 25.0. The number of halogens is 1. The normalized spacial score (nSPS) is 15.9. The van der Waals surface area contributed by atoms with E-state index in [0.717, 1.165) is 16.8 Å². The third-order valence-corrected chi connectivity index (χ3v) is 6.84. The van der Waals surface area contributed by atoms with E-state index in [1.165, 1.54) is 0 Å². The lowest BCUT2D eigenvalue weighted by Crippen LogP contribution is -2.50. The number of unbranched alkanes of at least 4 members (excludes halogenated alkanes) is 1. The lowest BCUT2D eigenvalue weighted by atomic mass is 10.0. The van der Waals surface area contributed by atoms with E-state index in [9.17, 15) is 24.3 Å². The molecule has 0 aromatic heterocycles. The molecule has 1 aliphatic rings. The number of amides is 3. The highest BCUT2D eigenvalue weighted by atomic mass is 35.5. The van der Waals surface area contributed by atoms with Crippen molar-refractivity contribution >= 4 is 41.8 Å². The highest BCUT2D eigenvalue weighted by molar-refractivity contribution is 5.98. The van der Waals surface area contributed by atoms with Crippen LogP contribution >= 0.6 is 12.4 Å². The van der Waals surface area contributed by atoms with Gasteiger partial charge in [0.15, 0.2) is 12.2 Å². The lowest BCUT2D eigenvalue weighted by molar-refractivity contribution is -0.142. The van der Waals surface area contributed by atoms with Crippen molar-refractivity contribution in [2.24, 2.45) is 5.73 Å². The zero-order chi connectivity index (χ0) is 31.7. The first-order chi connectivity index (χ1) is 21.3. The summed E-state index contributed by atoms with van der Waals surface area (Å²) in [4.78, 5) is 49.7. The van der Waals surface area contributed by atoms with Crippen LogP contribution in [-0.4, -0.2) is 66.2 Å². The Balaban J connectivity index is 0.000000776. The fraction of sp³-hybridized carbons (Fsp3) is 0.333.